The molecule has 0 heterocycles. The second-order valence-electron chi connectivity index (χ2n) is 7.62. The molecule has 0 unspecified atom stereocenters. The molecular formula is C22H33F3N4O7S. The SMILES string of the molecule is COCCCCCS(=O)(=O)c1ccc(C(F)(F)F)c(C(=O)NCCOCCOCCOCCN=[N+]=[N-])c1. The first kappa shape index (κ1) is 32.6. The van der Waals surface area contributed by atoms with E-state index in [4.69, 9.17) is 24.5 Å². The normalized spacial score (nSPS) is 11.8. The number of amides is 1. The van der Waals surface area contributed by atoms with Crippen molar-refractivity contribution in [2.24, 2.45) is 5.11 Å². The fourth-order valence-electron chi connectivity index (χ4n) is 3.01. The summed E-state index contributed by atoms with van der Waals surface area (Å²) >= 11 is 0. The fraction of sp³-hybridized carbons (Fsp3) is 0.682. The molecule has 0 aromatic heterocycles. The lowest BCUT2D eigenvalue weighted by Gasteiger charge is -2.15. The Morgan fingerprint density at radius 2 is 1.65 bits per heavy atom. The van der Waals surface area contributed by atoms with E-state index in [1.165, 1.54) is 7.11 Å². The number of nitrogens with zero attached hydrogens (tertiary/aromatic N) is 3. The molecule has 210 valence electrons. The van der Waals surface area contributed by atoms with Crippen molar-refractivity contribution in [1.29, 1.82) is 0 Å². The summed E-state index contributed by atoms with van der Waals surface area (Å²) in [4.78, 5) is 14.7. The standard InChI is InChI=1S/C22H33F3N4O7S/c1-33-9-3-2-4-16-37(31,32)18-5-6-20(22(23,24)25)19(17-18)21(30)27-7-10-34-12-14-36-15-13-35-11-8-28-29-26/h5-6,17H,2-4,7-16H2,1H3,(H,27,30). The van der Waals surface area contributed by atoms with Gasteiger partial charge in [0.2, 0.25) is 0 Å². The molecular weight excluding hydrogens is 521 g/mol. The van der Waals surface area contributed by atoms with Crippen LogP contribution in [0.5, 0.6) is 0 Å². The number of hydrogen-bond acceptors (Lipinski definition) is 8. The number of alkyl halides is 3. The third-order valence-electron chi connectivity index (χ3n) is 4.84. The van der Waals surface area contributed by atoms with E-state index in [9.17, 15) is 26.4 Å². The van der Waals surface area contributed by atoms with Crippen LogP contribution in [-0.4, -0.2) is 86.5 Å². The van der Waals surface area contributed by atoms with Crippen molar-refractivity contribution in [2.45, 2.75) is 30.3 Å². The molecule has 1 rings (SSSR count). The number of nitrogens with one attached hydrogen (secondary N) is 1. The van der Waals surface area contributed by atoms with Crippen molar-refractivity contribution in [2.75, 3.05) is 72.2 Å². The molecule has 0 bridgehead atoms. The van der Waals surface area contributed by atoms with Gasteiger partial charge in [0.25, 0.3) is 5.91 Å². The minimum Gasteiger partial charge on any atom is -0.385 e. The van der Waals surface area contributed by atoms with Crippen LogP contribution < -0.4 is 5.32 Å². The number of sulfone groups is 1. The highest BCUT2D eigenvalue weighted by molar-refractivity contribution is 7.91. The van der Waals surface area contributed by atoms with Crippen molar-refractivity contribution in [1.82, 2.24) is 5.32 Å². The third-order valence-corrected chi connectivity index (χ3v) is 6.63. The van der Waals surface area contributed by atoms with Gasteiger partial charge in [-0.3, -0.25) is 4.79 Å². The van der Waals surface area contributed by atoms with Crippen LogP contribution in [0.15, 0.2) is 28.2 Å². The summed E-state index contributed by atoms with van der Waals surface area (Å²) in [5, 5.41) is 5.63. The molecule has 0 aliphatic rings. The summed E-state index contributed by atoms with van der Waals surface area (Å²) in [6.07, 6.45) is -3.27. The highest BCUT2D eigenvalue weighted by Crippen LogP contribution is 2.33. The highest BCUT2D eigenvalue weighted by Gasteiger charge is 2.36. The van der Waals surface area contributed by atoms with Crippen molar-refractivity contribution < 1.29 is 45.3 Å². The Labute approximate surface area is 214 Å². The van der Waals surface area contributed by atoms with Crippen molar-refractivity contribution in [3.63, 3.8) is 0 Å². The van der Waals surface area contributed by atoms with Gasteiger partial charge >= 0.3 is 6.18 Å². The number of unbranched alkanes of at least 4 members (excludes halogenated alkanes) is 2. The molecule has 0 fully saturated rings. The van der Waals surface area contributed by atoms with E-state index in [1.54, 1.807) is 0 Å². The van der Waals surface area contributed by atoms with E-state index in [-0.39, 0.29) is 50.2 Å². The molecule has 1 amide bonds. The maximum atomic E-state index is 13.4. The number of hydrogen-bond donors (Lipinski definition) is 1. The minimum absolute atomic E-state index is 0.0125. The van der Waals surface area contributed by atoms with E-state index >= 15 is 0 Å². The van der Waals surface area contributed by atoms with Gasteiger partial charge in [-0.25, -0.2) is 8.42 Å². The monoisotopic (exact) mass is 554 g/mol. The predicted octanol–water partition coefficient (Wildman–Crippen LogP) is 3.39. The van der Waals surface area contributed by atoms with Crippen LogP contribution in [0.1, 0.15) is 35.2 Å². The zero-order chi connectivity index (χ0) is 27.6. The van der Waals surface area contributed by atoms with Gasteiger partial charge in [0.15, 0.2) is 9.84 Å². The molecule has 15 heteroatoms. The van der Waals surface area contributed by atoms with Gasteiger partial charge in [-0.2, -0.15) is 13.2 Å². The van der Waals surface area contributed by atoms with Crippen LogP contribution in [0.25, 0.3) is 10.4 Å². The number of carbonyl (C=O) groups is 1. The van der Waals surface area contributed by atoms with Crippen molar-refractivity contribution in [3.05, 3.63) is 39.8 Å². The van der Waals surface area contributed by atoms with Crippen LogP contribution >= 0.6 is 0 Å². The molecule has 37 heavy (non-hydrogen) atoms. The molecule has 0 saturated carbocycles. The fourth-order valence-corrected chi connectivity index (χ4v) is 4.40. The maximum Gasteiger partial charge on any atom is 0.417 e. The Kier molecular flexibility index (Phi) is 15.8. The van der Waals surface area contributed by atoms with Crippen LogP contribution in [-0.2, 0) is 35.0 Å². The summed E-state index contributed by atoms with van der Waals surface area (Å²) < 4.78 is 86.1. The lowest BCUT2D eigenvalue weighted by molar-refractivity contribution is -0.138. The van der Waals surface area contributed by atoms with Crippen LogP contribution in [0.2, 0.25) is 0 Å². The van der Waals surface area contributed by atoms with Gasteiger partial charge in [-0.1, -0.05) is 11.5 Å². The molecule has 0 spiro atoms. The molecule has 11 nitrogen and oxygen atoms in total. The zero-order valence-electron chi connectivity index (χ0n) is 20.7. The van der Waals surface area contributed by atoms with Crippen molar-refractivity contribution >= 4 is 15.7 Å². The number of ether oxygens (including phenoxy) is 4. The number of rotatable bonds is 20. The number of methoxy groups -OCH3 is 1. The average molecular weight is 555 g/mol. The van der Waals surface area contributed by atoms with E-state index in [1.807, 2.05) is 0 Å². The van der Waals surface area contributed by atoms with E-state index < -0.39 is 33.0 Å². The number of carbonyl (C=O) groups excluding carboxylic acids is 1. The molecule has 0 saturated heterocycles. The first-order valence-corrected chi connectivity index (χ1v) is 13.2. The molecule has 1 N–H and O–H groups in total. The Balaban J connectivity index is 2.53. The van der Waals surface area contributed by atoms with Gasteiger partial charge in [-0.05, 0) is 36.6 Å². The minimum atomic E-state index is -4.84. The van der Waals surface area contributed by atoms with Gasteiger partial charge < -0.3 is 24.3 Å². The Hall–Kier alpha value is -2.42. The largest absolute Gasteiger partial charge is 0.417 e. The zero-order valence-corrected chi connectivity index (χ0v) is 21.5. The van der Waals surface area contributed by atoms with Crippen LogP contribution in [0.4, 0.5) is 13.2 Å². The van der Waals surface area contributed by atoms with E-state index in [0.717, 1.165) is 12.1 Å². The molecule has 1 aromatic rings. The summed E-state index contributed by atoms with van der Waals surface area (Å²) in [5.74, 6) is -1.30. The Morgan fingerprint density at radius 3 is 2.27 bits per heavy atom. The topological polar surface area (TPSA) is 149 Å². The second kappa shape index (κ2) is 17.9. The Morgan fingerprint density at radius 1 is 1.00 bits per heavy atom. The first-order chi connectivity index (χ1) is 17.6. The lowest BCUT2D eigenvalue weighted by atomic mass is 10.1. The quantitative estimate of drug-likeness (QED) is 0.112. The Bertz CT molecular complexity index is 972. The van der Waals surface area contributed by atoms with Gasteiger partial charge in [0.05, 0.1) is 61.4 Å². The summed E-state index contributed by atoms with van der Waals surface area (Å²) in [6, 6.07) is 2.26. The van der Waals surface area contributed by atoms with Gasteiger partial charge in [0.1, 0.15) is 0 Å². The van der Waals surface area contributed by atoms with Crippen LogP contribution in [0.3, 0.4) is 0 Å². The molecule has 0 aliphatic carbocycles. The summed E-state index contributed by atoms with van der Waals surface area (Å²) in [5.41, 5.74) is 6.13. The summed E-state index contributed by atoms with van der Waals surface area (Å²) in [6.45, 7) is 1.93. The summed E-state index contributed by atoms with van der Waals surface area (Å²) in [7, 11) is -2.34. The molecule has 0 atom stereocenters. The lowest BCUT2D eigenvalue weighted by Crippen LogP contribution is -2.30. The third kappa shape index (κ3) is 13.6. The smallest absolute Gasteiger partial charge is 0.385 e. The maximum absolute atomic E-state index is 13.4. The van der Waals surface area contributed by atoms with Gasteiger partial charge in [-0.15, -0.1) is 0 Å². The van der Waals surface area contributed by atoms with E-state index in [0.29, 0.717) is 45.1 Å². The number of azide groups is 1. The first-order valence-electron chi connectivity index (χ1n) is 11.6. The number of benzene rings is 1. The average Bonchev–Trinajstić information content (AvgIpc) is 2.85. The molecule has 1 aromatic carbocycles. The predicted molar refractivity (Wildman–Crippen MR) is 128 cm³/mol. The van der Waals surface area contributed by atoms with Crippen LogP contribution in [0, 0.1) is 0 Å². The van der Waals surface area contributed by atoms with E-state index in [2.05, 4.69) is 15.3 Å². The van der Waals surface area contributed by atoms with Crippen molar-refractivity contribution in [3.8, 4) is 0 Å². The second-order valence-corrected chi connectivity index (χ2v) is 9.73. The number of halogens is 3. The van der Waals surface area contributed by atoms with Gasteiger partial charge in [0, 0.05) is 31.7 Å². The molecule has 0 radical (unpaired) electrons. The highest BCUT2D eigenvalue weighted by atomic mass is 32.2. The molecule has 0 aliphatic heterocycles.